The normalized spacial score (nSPS) is 14.2. The van der Waals surface area contributed by atoms with Crippen molar-refractivity contribution in [2.75, 3.05) is 25.1 Å². The van der Waals surface area contributed by atoms with E-state index in [-0.39, 0.29) is 34.9 Å². The monoisotopic (exact) mass is 361 g/mol. The van der Waals surface area contributed by atoms with Crippen LogP contribution in [-0.2, 0) is 0 Å². The molecule has 0 amide bonds. The van der Waals surface area contributed by atoms with Gasteiger partial charge in [-0.1, -0.05) is 5.16 Å². The summed E-state index contributed by atoms with van der Waals surface area (Å²) in [5.41, 5.74) is 1.05. The highest BCUT2D eigenvalue weighted by Crippen LogP contribution is 2.42. The molecule has 0 atom stereocenters. The number of hydrogen-bond donors (Lipinski definition) is 1. The van der Waals surface area contributed by atoms with Gasteiger partial charge in [0.1, 0.15) is 0 Å². The second kappa shape index (κ2) is 7.19. The predicted octanol–water partition coefficient (Wildman–Crippen LogP) is 3.46. The first-order valence-corrected chi connectivity index (χ1v) is 8.67. The number of pyridine rings is 1. The minimum absolute atomic E-state index is 0.00135. The van der Waals surface area contributed by atoms with Crippen molar-refractivity contribution in [2.45, 2.75) is 39.7 Å². The van der Waals surface area contributed by atoms with Crippen LogP contribution in [0.1, 0.15) is 38.3 Å². The van der Waals surface area contributed by atoms with Gasteiger partial charge in [0.05, 0.1) is 18.9 Å². The summed E-state index contributed by atoms with van der Waals surface area (Å²) in [5.74, 6) is 0.414. The predicted molar refractivity (Wildman–Crippen MR) is 96.2 cm³/mol. The van der Waals surface area contributed by atoms with E-state index in [0.29, 0.717) is 24.3 Å². The van der Waals surface area contributed by atoms with E-state index in [1.54, 1.807) is 6.92 Å². The second-order valence-electron chi connectivity index (χ2n) is 6.13. The Balaban J connectivity index is 2.15. The molecule has 0 saturated heterocycles. The summed E-state index contributed by atoms with van der Waals surface area (Å²) in [6.07, 6.45) is 1.74. The van der Waals surface area contributed by atoms with Gasteiger partial charge in [0.15, 0.2) is 11.6 Å². The van der Waals surface area contributed by atoms with E-state index in [2.05, 4.69) is 15.4 Å². The molecule has 9 heteroatoms. The maximum absolute atomic E-state index is 13.0. The number of hydrogen-bond acceptors (Lipinski definition) is 8. The fraction of sp³-hybridized carbons (Fsp3) is 0.529. The van der Waals surface area contributed by atoms with Crippen LogP contribution in [0.4, 0.5) is 17.2 Å². The van der Waals surface area contributed by atoms with Crippen LogP contribution in [0.25, 0.3) is 0 Å². The molecule has 0 bridgehead atoms. The number of rotatable bonds is 7. The van der Waals surface area contributed by atoms with Crippen LogP contribution < -0.4 is 15.2 Å². The van der Waals surface area contributed by atoms with Crippen LogP contribution >= 0.6 is 0 Å². The fourth-order valence-corrected chi connectivity index (χ4v) is 2.96. The molecule has 2 heterocycles. The number of ether oxygens (including phenoxy) is 1. The van der Waals surface area contributed by atoms with Gasteiger partial charge in [-0.3, -0.25) is 9.36 Å². The van der Waals surface area contributed by atoms with Crippen molar-refractivity contribution < 1.29 is 14.4 Å². The van der Waals surface area contributed by atoms with Crippen molar-refractivity contribution in [3.8, 4) is 11.8 Å². The largest absolute Gasteiger partial charge is 0.494 e. The maximum Gasteiger partial charge on any atom is 0.313 e. The standard InChI is InChI=1S/C17H23N5O4/c1-5-21(6-2)15-10(3)16(23)22(11-7-8-11)17(24)14(15)19-18-12-9-13(25-4)26-20-12/h9,11,23H,5-8H2,1-4H3. The zero-order valence-corrected chi connectivity index (χ0v) is 15.4. The van der Waals surface area contributed by atoms with Crippen molar-refractivity contribution in [2.24, 2.45) is 10.2 Å². The molecule has 2 aromatic heterocycles. The van der Waals surface area contributed by atoms with Crippen LogP contribution in [0.5, 0.6) is 11.8 Å². The van der Waals surface area contributed by atoms with Crippen molar-refractivity contribution in [3.63, 3.8) is 0 Å². The third-order valence-electron chi connectivity index (χ3n) is 4.49. The number of methoxy groups -OCH3 is 1. The summed E-state index contributed by atoms with van der Waals surface area (Å²) in [4.78, 5) is 15.0. The van der Waals surface area contributed by atoms with Gasteiger partial charge in [0, 0.05) is 24.7 Å². The minimum atomic E-state index is -0.350. The molecule has 1 aliphatic rings. The van der Waals surface area contributed by atoms with Gasteiger partial charge >= 0.3 is 5.95 Å². The average molecular weight is 361 g/mol. The van der Waals surface area contributed by atoms with E-state index in [4.69, 9.17) is 9.26 Å². The highest BCUT2D eigenvalue weighted by molar-refractivity contribution is 5.72. The number of aromatic hydroxyl groups is 1. The zero-order valence-electron chi connectivity index (χ0n) is 15.4. The number of anilines is 1. The number of aromatic nitrogens is 2. The Kier molecular flexibility index (Phi) is 4.97. The lowest BCUT2D eigenvalue weighted by Gasteiger charge is -2.26. The lowest BCUT2D eigenvalue weighted by Crippen LogP contribution is -2.28. The van der Waals surface area contributed by atoms with E-state index in [1.165, 1.54) is 17.7 Å². The zero-order chi connectivity index (χ0) is 18.8. The summed E-state index contributed by atoms with van der Waals surface area (Å²) in [7, 11) is 1.46. The molecular weight excluding hydrogens is 338 g/mol. The van der Waals surface area contributed by atoms with Gasteiger partial charge in [-0.25, -0.2) is 0 Å². The molecule has 1 saturated carbocycles. The summed E-state index contributed by atoms with van der Waals surface area (Å²) < 4.78 is 11.2. The Morgan fingerprint density at radius 2 is 2.08 bits per heavy atom. The van der Waals surface area contributed by atoms with E-state index < -0.39 is 0 Å². The molecule has 1 N–H and O–H groups in total. The lowest BCUT2D eigenvalue weighted by atomic mass is 10.1. The Morgan fingerprint density at radius 3 is 2.62 bits per heavy atom. The van der Waals surface area contributed by atoms with Crippen LogP contribution in [-0.4, -0.2) is 35.0 Å². The van der Waals surface area contributed by atoms with Crippen molar-refractivity contribution >= 4 is 17.2 Å². The Morgan fingerprint density at radius 1 is 1.38 bits per heavy atom. The van der Waals surface area contributed by atoms with E-state index in [9.17, 15) is 9.90 Å². The second-order valence-corrected chi connectivity index (χ2v) is 6.13. The molecule has 0 aliphatic heterocycles. The fourth-order valence-electron chi connectivity index (χ4n) is 2.96. The molecule has 0 aromatic carbocycles. The maximum atomic E-state index is 13.0. The quantitative estimate of drug-likeness (QED) is 0.757. The molecule has 1 aliphatic carbocycles. The molecule has 0 spiro atoms. The van der Waals surface area contributed by atoms with Crippen LogP contribution in [0.3, 0.4) is 0 Å². The third kappa shape index (κ3) is 3.16. The van der Waals surface area contributed by atoms with Crippen LogP contribution in [0.15, 0.2) is 25.6 Å². The van der Waals surface area contributed by atoms with Gasteiger partial charge in [-0.05, 0) is 33.6 Å². The Labute approximate surface area is 150 Å². The molecule has 0 unspecified atom stereocenters. The van der Waals surface area contributed by atoms with Gasteiger partial charge in [-0.15, -0.1) is 10.2 Å². The highest BCUT2D eigenvalue weighted by Gasteiger charge is 2.31. The first-order valence-electron chi connectivity index (χ1n) is 8.67. The summed E-state index contributed by atoms with van der Waals surface area (Å²) >= 11 is 0. The summed E-state index contributed by atoms with van der Waals surface area (Å²) in [6, 6.07) is 1.50. The highest BCUT2D eigenvalue weighted by atomic mass is 16.6. The summed E-state index contributed by atoms with van der Waals surface area (Å²) in [5, 5.41) is 22.5. The van der Waals surface area contributed by atoms with Crippen molar-refractivity contribution in [1.29, 1.82) is 0 Å². The molecule has 9 nitrogen and oxygen atoms in total. The minimum Gasteiger partial charge on any atom is -0.494 e. The Hall–Kier alpha value is -2.84. The molecule has 1 fully saturated rings. The van der Waals surface area contributed by atoms with Gasteiger partial charge in [0.2, 0.25) is 5.82 Å². The van der Waals surface area contributed by atoms with E-state index >= 15 is 0 Å². The van der Waals surface area contributed by atoms with E-state index in [0.717, 1.165) is 12.8 Å². The van der Waals surface area contributed by atoms with Crippen LogP contribution in [0, 0.1) is 6.92 Å². The Bertz CT molecular complexity index is 878. The summed E-state index contributed by atoms with van der Waals surface area (Å²) in [6.45, 7) is 7.10. The van der Waals surface area contributed by atoms with Crippen molar-refractivity contribution in [1.82, 2.24) is 9.72 Å². The molecule has 2 aromatic rings. The average Bonchev–Trinajstić information content (AvgIpc) is 3.36. The number of nitrogens with zero attached hydrogens (tertiary/aromatic N) is 5. The van der Waals surface area contributed by atoms with Crippen LogP contribution in [0.2, 0.25) is 0 Å². The van der Waals surface area contributed by atoms with Gasteiger partial charge in [-0.2, -0.15) is 0 Å². The SMILES string of the molecule is CCN(CC)c1c(C)c(O)n(C2CC2)c(=O)c1N=Nc1cc(OC)on1. The molecule has 140 valence electrons. The molecule has 0 radical (unpaired) electrons. The number of azo groups is 1. The smallest absolute Gasteiger partial charge is 0.313 e. The molecule has 3 rings (SSSR count). The molecular formula is C17H23N5O4. The van der Waals surface area contributed by atoms with Gasteiger partial charge < -0.3 is 19.3 Å². The van der Waals surface area contributed by atoms with Gasteiger partial charge in [0.25, 0.3) is 5.56 Å². The topological polar surface area (TPSA) is 105 Å². The first-order chi connectivity index (χ1) is 12.5. The molecule has 26 heavy (non-hydrogen) atoms. The lowest BCUT2D eigenvalue weighted by molar-refractivity contribution is 0.261. The van der Waals surface area contributed by atoms with E-state index in [1.807, 2.05) is 18.7 Å². The third-order valence-corrected chi connectivity index (χ3v) is 4.49. The van der Waals surface area contributed by atoms with Crippen molar-refractivity contribution in [3.05, 3.63) is 22.0 Å². The first kappa shape index (κ1) is 18.0.